The van der Waals surface area contributed by atoms with Crippen LogP contribution in [0.15, 0.2) is 23.4 Å². The zero-order valence-corrected chi connectivity index (χ0v) is 11.4. The predicted molar refractivity (Wildman–Crippen MR) is 70.0 cm³/mol. The first-order valence-electron chi connectivity index (χ1n) is 5.26. The molecule has 1 unspecified atom stereocenters. The zero-order chi connectivity index (χ0) is 13.8. The maximum Gasteiger partial charge on any atom is 0.242 e. The number of hydrogen-bond donors (Lipinski definition) is 2. The van der Waals surface area contributed by atoms with Gasteiger partial charge >= 0.3 is 0 Å². The molecule has 8 heteroatoms. The molecule has 1 aromatic rings. The lowest BCUT2D eigenvalue weighted by molar-refractivity contribution is 0.543. The van der Waals surface area contributed by atoms with E-state index in [1.165, 1.54) is 0 Å². The van der Waals surface area contributed by atoms with Crippen LogP contribution in [0.4, 0.5) is 4.39 Å². The van der Waals surface area contributed by atoms with E-state index >= 15 is 0 Å². The Morgan fingerprint density at radius 1 is 1.61 bits per heavy atom. The van der Waals surface area contributed by atoms with Gasteiger partial charge in [0.25, 0.3) is 0 Å². The molecule has 1 aromatic heterocycles. The highest BCUT2D eigenvalue weighted by Gasteiger charge is 2.20. The second kappa shape index (κ2) is 6.17. The van der Waals surface area contributed by atoms with Crippen LogP contribution in [0.25, 0.3) is 0 Å². The van der Waals surface area contributed by atoms with Gasteiger partial charge in [0.05, 0.1) is 11.2 Å². The maximum atomic E-state index is 12.9. The standard InChI is InChI=1S/C10H14FN3O2S2/c1-2-8(4-10(12)17)14-18(15,16)9-3-7(11)5-13-6-9/h3,5-6,8,14H,2,4H2,1H3,(H2,12,17). The van der Waals surface area contributed by atoms with E-state index in [2.05, 4.69) is 9.71 Å². The largest absolute Gasteiger partial charge is 0.393 e. The number of pyridine rings is 1. The molecule has 0 saturated heterocycles. The Morgan fingerprint density at radius 2 is 2.28 bits per heavy atom. The van der Waals surface area contributed by atoms with Crippen LogP contribution in [0.2, 0.25) is 0 Å². The van der Waals surface area contributed by atoms with Gasteiger partial charge in [-0.1, -0.05) is 19.1 Å². The van der Waals surface area contributed by atoms with Gasteiger partial charge in [-0.05, 0) is 12.5 Å². The van der Waals surface area contributed by atoms with Crippen molar-refractivity contribution in [1.29, 1.82) is 0 Å². The van der Waals surface area contributed by atoms with Crippen molar-refractivity contribution in [2.45, 2.75) is 30.7 Å². The predicted octanol–water partition coefficient (Wildman–Crippen LogP) is 0.954. The SMILES string of the molecule is CCC(CC(N)=S)NS(=O)(=O)c1cncc(F)c1. The number of rotatable bonds is 6. The summed E-state index contributed by atoms with van der Waals surface area (Å²) in [7, 11) is -3.81. The molecular formula is C10H14FN3O2S2. The maximum absolute atomic E-state index is 12.9. The van der Waals surface area contributed by atoms with Crippen LogP contribution in [0, 0.1) is 5.82 Å². The van der Waals surface area contributed by atoms with Gasteiger partial charge in [0.15, 0.2) is 0 Å². The minimum absolute atomic E-state index is 0.219. The number of hydrogen-bond acceptors (Lipinski definition) is 4. The number of nitrogens with zero attached hydrogens (tertiary/aromatic N) is 1. The number of nitrogens with two attached hydrogens (primary N) is 1. The Balaban J connectivity index is 2.90. The molecule has 0 fully saturated rings. The summed E-state index contributed by atoms with van der Waals surface area (Å²) in [5, 5.41) is 0. The van der Waals surface area contributed by atoms with Crippen molar-refractivity contribution in [2.75, 3.05) is 0 Å². The molecule has 1 atom stereocenters. The molecule has 0 bridgehead atoms. The minimum atomic E-state index is -3.81. The fourth-order valence-corrected chi connectivity index (χ4v) is 2.83. The Labute approximate surface area is 111 Å². The molecule has 5 nitrogen and oxygen atoms in total. The Hall–Kier alpha value is -1.12. The molecule has 0 aliphatic heterocycles. The molecule has 0 aliphatic rings. The Kier molecular flexibility index (Phi) is 5.12. The van der Waals surface area contributed by atoms with Gasteiger partial charge in [0.1, 0.15) is 10.7 Å². The van der Waals surface area contributed by atoms with Crippen LogP contribution in [-0.4, -0.2) is 24.4 Å². The molecule has 0 radical (unpaired) electrons. The molecule has 0 amide bonds. The van der Waals surface area contributed by atoms with Crippen LogP contribution in [0.1, 0.15) is 19.8 Å². The first-order valence-corrected chi connectivity index (χ1v) is 7.15. The van der Waals surface area contributed by atoms with Crippen LogP contribution in [-0.2, 0) is 10.0 Å². The summed E-state index contributed by atoms with van der Waals surface area (Å²) in [6.45, 7) is 1.80. The fourth-order valence-electron chi connectivity index (χ4n) is 1.34. The Morgan fingerprint density at radius 3 is 2.78 bits per heavy atom. The molecule has 100 valence electrons. The second-order valence-electron chi connectivity index (χ2n) is 3.74. The molecule has 0 saturated carbocycles. The van der Waals surface area contributed by atoms with Gasteiger partial charge in [0.2, 0.25) is 10.0 Å². The van der Waals surface area contributed by atoms with Crippen molar-refractivity contribution in [3.63, 3.8) is 0 Å². The molecule has 0 spiro atoms. The summed E-state index contributed by atoms with van der Waals surface area (Å²) < 4.78 is 39.2. The normalized spacial score (nSPS) is 13.2. The summed E-state index contributed by atoms with van der Waals surface area (Å²) in [6.07, 6.45) is 2.80. The third-order valence-electron chi connectivity index (χ3n) is 2.25. The van der Waals surface area contributed by atoms with E-state index in [-0.39, 0.29) is 16.3 Å². The summed E-state index contributed by atoms with van der Waals surface area (Å²) >= 11 is 4.74. The second-order valence-corrected chi connectivity index (χ2v) is 5.97. The lowest BCUT2D eigenvalue weighted by atomic mass is 10.2. The van der Waals surface area contributed by atoms with E-state index in [9.17, 15) is 12.8 Å². The van der Waals surface area contributed by atoms with Gasteiger partial charge in [-0.3, -0.25) is 4.98 Å². The first-order chi connectivity index (χ1) is 8.35. The van der Waals surface area contributed by atoms with Crippen molar-refractivity contribution < 1.29 is 12.8 Å². The summed E-state index contributed by atoms with van der Waals surface area (Å²) in [5.74, 6) is -0.708. The number of aromatic nitrogens is 1. The van der Waals surface area contributed by atoms with Gasteiger partial charge in [-0.2, -0.15) is 0 Å². The third-order valence-corrected chi connectivity index (χ3v) is 3.91. The number of thiocarbonyl (C=S) groups is 1. The number of halogens is 1. The van der Waals surface area contributed by atoms with Crippen LogP contribution >= 0.6 is 12.2 Å². The monoisotopic (exact) mass is 291 g/mol. The van der Waals surface area contributed by atoms with Gasteiger partial charge < -0.3 is 5.73 Å². The van der Waals surface area contributed by atoms with Crippen molar-refractivity contribution in [1.82, 2.24) is 9.71 Å². The zero-order valence-electron chi connectivity index (χ0n) is 9.76. The molecule has 0 aromatic carbocycles. The van der Waals surface area contributed by atoms with Gasteiger partial charge in [0, 0.05) is 18.7 Å². The van der Waals surface area contributed by atoms with Crippen molar-refractivity contribution in [3.05, 3.63) is 24.3 Å². The number of sulfonamides is 1. The highest BCUT2D eigenvalue weighted by atomic mass is 32.2. The fraction of sp³-hybridized carbons (Fsp3) is 0.400. The highest BCUT2D eigenvalue weighted by Crippen LogP contribution is 2.11. The molecular weight excluding hydrogens is 277 g/mol. The van der Waals surface area contributed by atoms with Crippen LogP contribution < -0.4 is 10.5 Å². The first kappa shape index (κ1) is 14.9. The highest BCUT2D eigenvalue weighted by molar-refractivity contribution is 7.89. The summed E-state index contributed by atoms with van der Waals surface area (Å²) in [4.78, 5) is 3.51. The van der Waals surface area contributed by atoms with E-state index in [0.29, 0.717) is 6.42 Å². The molecule has 18 heavy (non-hydrogen) atoms. The lowest BCUT2D eigenvalue weighted by Crippen LogP contribution is -2.37. The smallest absolute Gasteiger partial charge is 0.242 e. The summed E-state index contributed by atoms with van der Waals surface area (Å²) in [5.41, 5.74) is 5.37. The van der Waals surface area contributed by atoms with Crippen molar-refractivity contribution in [2.24, 2.45) is 5.73 Å². The topological polar surface area (TPSA) is 85.1 Å². The van der Waals surface area contributed by atoms with E-state index < -0.39 is 21.9 Å². The van der Waals surface area contributed by atoms with Gasteiger partial charge in [-0.15, -0.1) is 0 Å². The molecule has 1 heterocycles. The average Bonchev–Trinajstić information content (AvgIpc) is 2.27. The van der Waals surface area contributed by atoms with Gasteiger partial charge in [-0.25, -0.2) is 17.5 Å². The third kappa shape index (κ3) is 4.28. The minimum Gasteiger partial charge on any atom is -0.393 e. The van der Waals surface area contributed by atoms with Crippen molar-refractivity contribution in [3.8, 4) is 0 Å². The molecule has 0 aliphatic carbocycles. The number of nitrogens with one attached hydrogen (secondary N) is 1. The quantitative estimate of drug-likeness (QED) is 0.762. The average molecular weight is 291 g/mol. The van der Waals surface area contributed by atoms with Crippen LogP contribution in [0.3, 0.4) is 0 Å². The molecule has 3 N–H and O–H groups in total. The van der Waals surface area contributed by atoms with Crippen molar-refractivity contribution >= 4 is 27.2 Å². The van der Waals surface area contributed by atoms with Crippen LogP contribution in [0.5, 0.6) is 0 Å². The lowest BCUT2D eigenvalue weighted by Gasteiger charge is -2.16. The van der Waals surface area contributed by atoms with E-state index in [4.69, 9.17) is 18.0 Å². The molecule has 1 rings (SSSR count). The van der Waals surface area contributed by atoms with E-state index in [1.54, 1.807) is 6.92 Å². The van der Waals surface area contributed by atoms with E-state index in [1.807, 2.05) is 0 Å². The van der Waals surface area contributed by atoms with E-state index in [0.717, 1.165) is 18.5 Å². The Bertz CT molecular complexity index is 534. The summed E-state index contributed by atoms with van der Waals surface area (Å²) in [6, 6.07) is 0.499.